The Morgan fingerprint density at radius 3 is 2.00 bits per heavy atom. The van der Waals surface area contributed by atoms with Crippen LogP contribution < -0.4 is 9.47 Å². The van der Waals surface area contributed by atoms with Gasteiger partial charge in [0.25, 0.3) is 0 Å². The van der Waals surface area contributed by atoms with E-state index in [1.165, 1.54) is 27.8 Å². The van der Waals surface area contributed by atoms with Crippen LogP contribution in [0, 0.1) is 27.7 Å². The molecule has 0 spiro atoms. The van der Waals surface area contributed by atoms with E-state index in [9.17, 15) is 0 Å². The fourth-order valence-corrected chi connectivity index (χ4v) is 3.98. The van der Waals surface area contributed by atoms with Crippen LogP contribution in [0.2, 0.25) is 0 Å². The Hall–Kier alpha value is -2.78. The molecule has 0 saturated carbocycles. The minimum Gasteiger partial charge on any atom is -0.491 e. The van der Waals surface area contributed by atoms with Gasteiger partial charge in [-0.1, -0.05) is 59.2 Å². The topological polar surface area (TPSA) is 27.7 Å². The fraction of sp³-hybridized carbons (Fsp3) is 0.333. The molecule has 0 N–H and O–H groups in total. The van der Waals surface area contributed by atoms with E-state index in [1.54, 1.807) is 0 Å². The number of rotatable bonds is 6. The molecular weight excluding hydrogens is 372 g/mol. The lowest BCUT2D eigenvalue weighted by Gasteiger charge is -2.20. The Balaban J connectivity index is 1.51. The summed E-state index contributed by atoms with van der Waals surface area (Å²) in [5.74, 6) is 1.73. The van der Waals surface area contributed by atoms with E-state index in [1.807, 2.05) is 24.3 Å². The van der Waals surface area contributed by atoms with Crippen molar-refractivity contribution in [2.75, 3.05) is 6.61 Å². The van der Waals surface area contributed by atoms with Crippen molar-refractivity contribution in [2.24, 2.45) is 0 Å². The van der Waals surface area contributed by atoms with Crippen LogP contribution in [0.5, 0.6) is 11.5 Å². The predicted octanol–water partition coefficient (Wildman–Crippen LogP) is 6.28. The molecule has 1 aliphatic heterocycles. The maximum atomic E-state index is 6.47. The van der Waals surface area contributed by atoms with Crippen molar-refractivity contribution >= 4 is 0 Å². The van der Waals surface area contributed by atoms with Gasteiger partial charge in [-0.25, -0.2) is 0 Å². The van der Waals surface area contributed by atoms with E-state index in [2.05, 4.69) is 70.2 Å². The van der Waals surface area contributed by atoms with Crippen molar-refractivity contribution in [3.8, 4) is 11.5 Å². The maximum Gasteiger partial charge on any atom is 0.131 e. The lowest BCUT2D eigenvalue weighted by molar-refractivity contribution is -0.0109. The third kappa shape index (κ3) is 4.85. The number of ether oxygens (including phenoxy) is 3. The van der Waals surface area contributed by atoms with Gasteiger partial charge < -0.3 is 14.2 Å². The maximum absolute atomic E-state index is 6.47. The van der Waals surface area contributed by atoms with Gasteiger partial charge in [0.1, 0.15) is 30.3 Å². The molecular formula is C27H30O3. The van der Waals surface area contributed by atoms with Gasteiger partial charge in [0.2, 0.25) is 0 Å². The number of hydrogen-bond donors (Lipinski definition) is 0. The smallest absolute Gasteiger partial charge is 0.131 e. The molecule has 0 amide bonds. The Morgan fingerprint density at radius 2 is 1.37 bits per heavy atom. The van der Waals surface area contributed by atoms with Crippen LogP contribution in [0.3, 0.4) is 0 Å². The second-order valence-corrected chi connectivity index (χ2v) is 8.35. The Kier molecular flexibility index (Phi) is 6.10. The van der Waals surface area contributed by atoms with Gasteiger partial charge in [0.05, 0.1) is 6.10 Å². The van der Waals surface area contributed by atoms with Gasteiger partial charge in [0.15, 0.2) is 0 Å². The number of aryl methyl sites for hydroxylation is 4. The van der Waals surface area contributed by atoms with Crippen LogP contribution in [0.25, 0.3) is 0 Å². The van der Waals surface area contributed by atoms with E-state index in [0.29, 0.717) is 6.61 Å². The quantitative estimate of drug-likeness (QED) is 0.486. The van der Waals surface area contributed by atoms with E-state index >= 15 is 0 Å². The molecule has 0 bridgehead atoms. The van der Waals surface area contributed by atoms with E-state index < -0.39 is 0 Å². The van der Waals surface area contributed by atoms with Crippen LogP contribution in [0.1, 0.15) is 40.3 Å². The Labute approximate surface area is 179 Å². The highest BCUT2D eigenvalue weighted by Gasteiger charge is 2.38. The lowest BCUT2D eigenvalue weighted by atomic mass is 9.98. The van der Waals surface area contributed by atoms with Crippen molar-refractivity contribution in [2.45, 2.75) is 52.4 Å². The minimum atomic E-state index is -0.140. The molecule has 1 heterocycles. The molecule has 3 aromatic rings. The van der Waals surface area contributed by atoms with Gasteiger partial charge in [-0.2, -0.15) is 0 Å². The average Bonchev–Trinajstić information content (AvgIpc) is 3.11. The van der Waals surface area contributed by atoms with Gasteiger partial charge in [0, 0.05) is 6.42 Å². The summed E-state index contributed by atoms with van der Waals surface area (Å²) in [5.41, 5.74) is 6.19. The number of benzene rings is 3. The first-order valence-corrected chi connectivity index (χ1v) is 10.6. The van der Waals surface area contributed by atoms with Crippen molar-refractivity contribution < 1.29 is 14.2 Å². The highest BCUT2D eigenvalue weighted by atomic mass is 16.6. The average molecular weight is 403 g/mol. The molecule has 156 valence electrons. The summed E-state index contributed by atoms with van der Waals surface area (Å²) in [6.45, 7) is 8.88. The first-order chi connectivity index (χ1) is 14.5. The molecule has 3 atom stereocenters. The summed E-state index contributed by atoms with van der Waals surface area (Å²) in [6, 6.07) is 22.9. The predicted molar refractivity (Wildman–Crippen MR) is 120 cm³/mol. The zero-order valence-corrected chi connectivity index (χ0v) is 18.2. The standard InChI is InChI=1S/C27H30O3/c1-18-5-10-22(11-6-18)28-17-27-26(29-23-12-7-19(2)8-13-23)16-25(30-27)24-14-9-20(3)15-21(24)4/h5-15,25-27H,16-17H2,1-4H3/t25-,26+,27-/m1/s1. The second kappa shape index (κ2) is 8.93. The van der Waals surface area contributed by atoms with Crippen molar-refractivity contribution in [3.05, 3.63) is 94.5 Å². The highest BCUT2D eigenvalue weighted by molar-refractivity contribution is 5.33. The van der Waals surface area contributed by atoms with Crippen LogP contribution in [0.15, 0.2) is 66.7 Å². The van der Waals surface area contributed by atoms with Crippen LogP contribution in [-0.4, -0.2) is 18.8 Å². The third-order valence-corrected chi connectivity index (χ3v) is 5.72. The van der Waals surface area contributed by atoms with Crippen LogP contribution >= 0.6 is 0 Å². The number of hydrogen-bond acceptors (Lipinski definition) is 3. The Morgan fingerprint density at radius 1 is 0.767 bits per heavy atom. The first-order valence-electron chi connectivity index (χ1n) is 10.6. The van der Waals surface area contributed by atoms with E-state index in [4.69, 9.17) is 14.2 Å². The Bertz CT molecular complexity index is 976. The molecule has 1 aliphatic rings. The monoisotopic (exact) mass is 402 g/mol. The summed E-state index contributed by atoms with van der Waals surface area (Å²) in [7, 11) is 0. The lowest BCUT2D eigenvalue weighted by Crippen LogP contribution is -2.32. The van der Waals surface area contributed by atoms with Crippen LogP contribution in [0.4, 0.5) is 0 Å². The summed E-state index contributed by atoms with van der Waals surface area (Å²) in [5, 5.41) is 0. The normalized spacial score (nSPS) is 20.9. The highest BCUT2D eigenvalue weighted by Crippen LogP contribution is 2.37. The first kappa shape index (κ1) is 20.5. The largest absolute Gasteiger partial charge is 0.491 e. The molecule has 30 heavy (non-hydrogen) atoms. The summed E-state index contributed by atoms with van der Waals surface area (Å²) < 4.78 is 18.9. The summed E-state index contributed by atoms with van der Waals surface area (Å²) >= 11 is 0. The SMILES string of the molecule is Cc1ccc(OC[C@H]2O[C@@H](c3ccc(C)cc3C)C[C@@H]2Oc2ccc(C)cc2)cc1. The van der Waals surface area contributed by atoms with Crippen molar-refractivity contribution in [1.29, 1.82) is 0 Å². The molecule has 1 fully saturated rings. The van der Waals surface area contributed by atoms with Gasteiger partial charge in [-0.15, -0.1) is 0 Å². The summed E-state index contributed by atoms with van der Waals surface area (Å²) in [4.78, 5) is 0. The summed E-state index contributed by atoms with van der Waals surface area (Å²) in [6.07, 6.45) is 0.606. The molecule has 3 heteroatoms. The van der Waals surface area contributed by atoms with Gasteiger partial charge in [-0.3, -0.25) is 0 Å². The molecule has 0 radical (unpaired) electrons. The zero-order chi connectivity index (χ0) is 21.1. The second-order valence-electron chi connectivity index (χ2n) is 8.35. The van der Waals surface area contributed by atoms with Crippen LogP contribution in [-0.2, 0) is 4.74 Å². The minimum absolute atomic E-state index is 0.00710. The van der Waals surface area contributed by atoms with E-state index in [-0.39, 0.29) is 18.3 Å². The van der Waals surface area contributed by atoms with E-state index in [0.717, 1.165) is 17.9 Å². The third-order valence-electron chi connectivity index (χ3n) is 5.72. The molecule has 3 nitrogen and oxygen atoms in total. The molecule has 3 aromatic carbocycles. The molecule has 0 aromatic heterocycles. The molecule has 0 aliphatic carbocycles. The molecule has 1 saturated heterocycles. The molecule has 0 unspecified atom stereocenters. The van der Waals surface area contributed by atoms with Gasteiger partial charge in [-0.05, 0) is 63.1 Å². The fourth-order valence-electron chi connectivity index (χ4n) is 3.98. The molecule has 4 rings (SSSR count). The van der Waals surface area contributed by atoms with Crippen molar-refractivity contribution in [3.63, 3.8) is 0 Å². The zero-order valence-electron chi connectivity index (χ0n) is 18.2. The van der Waals surface area contributed by atoms with Crippen molar-refractivity contribution in [1.82, 2.24) is 0 Å². The van der Waals surface area contributed by atoms with Gasteiger partial charge >= 0.3 is 0 Å².